The summed E-state index contributed by atoms with van der Waals surface area (Å²) in [4.78, 5) is 25.3. The number of rotatable bonds is 5. The molecule has 6 nitrogen and oxygen atoms in total. The molecular weight excluding hydrogens is 246 g/mol. The number of piperidine rings is 1. The smallest absolute Gasteiger partial charge is 0.329 e. The van der Waals surface area contributed by atoms with Crippen LogP contribution in [0.25, 0.3) is 0 Å². The topological polar surface area (TPSA) is 81.7 Å². The maximum atomic E-state index is 11.9. The highest BCUT2D eigenvalue weighted by Gasteiger charge is 2.34. The number of carbonyl (C=O) groups excluding carboxylic acids is 1. The molecule has 110 valence electrons. The number of likely N-dealkylation sites (tertiary alicyclic amines) is 1. The predicted molar refractivity (Wildman–Crippen MR) is 73.1 cm³/mol. The van der Waals surface area contributed by atoms with E-state index in [2.05, 4.69) is 22.6 Å². The maximum absolute atomic E-state index is 11.9. The van der Waals surface area contributed by atoms with E-state index in [1.165, 1.54) is 0 Å². The van der Waals surface area contributed by atoms with E-state index < -0.39 is 11.5 Å². The van der Waals surface area contributed by atoms with Crippen LogP contribution in [-0.2, 0) is 4.79 Å². The summed E-state index contributed by atoms with van der Waals surface area (Å²) in [6.07, 6.45) is 2.93. The number of urea groups is 1. The molecule has 2 amide bonds. The van der Waals surface area contributed by atoms with Crippen LogP contribution < -0.4 is 10.6 Å². The van der Waals surface area contributed by atoms with Gasteiger partial charge in [-0.25, -0.2) is 9.59 Å². The zero-order chi connectivity index (χ0) is 14.5. The summed E-state index contributed by atoms with van der Waals surface area (Å²) in [7, 11) is 2.05. The van der Waals surface area contributed by atoms with E-state index in [1.54, 1.807) is 6.92 Å². The van der Waals surface area contributed by atoms with Gasteiger partial charge in [0.15, 0.2) is 0 Å². The van der Waals surface area contributed by atoms with Gasteiger partial charge in [0.2, 0.25) is 0 Å². The first-order chi connectivity index (χ1) is 8.87. The highest BCUT2D eigenvalue weighted by Crippen LogP contribution is 2.13. The molecule has 0 radical (unpaired) electrons. The molecule has 1 atom stereocenters. The van der Waals surface area contributed by atoms with Gasteiger partial charge >= 0.3 is 12.0 Å². The van der Waals surface area contributed by atoms with E-state index in [-0.39, 0.29) is 12.1 Å². The Balaban J connectivity index is 2.47. The molecule has 1 unspecified atom stereocenters. The minimum atomic E-state index is -1.19. The van der Waals surface area contributed by atoms with E-state index in [0.29, 0.717) is 12.8 Å². The molecule has 1 rings (SSSR count). The fraction of sp³-hybridized carbons (Fsp3) is 0.846. The Morgan fingerprint density at radius 1 is 1.37 bits per heavy atom. The van der Waals surface area contributed by atoms with Gasteiger partial charge in [-0.2, -0.15) is 0 Å². The highest BCUT2D eigenvalue weighted by atomic mass is 16.4. The van der Waals surface area contributed by atoms with Crippen molar-refractivity contribution in [3.63, 3.8) is 0 Å². The molecule has 1 saturated heterocycles. The monoisotopic (exact) mass is 271 g/mol. The molecule has 0 aliphatic carbocycles. The molecule has 19 heavy (non-hydrogen) atoms. The number of carboxylic acid groups (broad SMARTS) is 1. The highest BCUT2D eigenvalue weighted by molar-refractivity contribution is 5.85. The number of aliphatic carboxylic acids is 1. The summed E-state index contributed by atoms with van der Waals surface area (Å²) in [5.41, 5.74) is -1.19. The normalized spacial score (nSPS) is 20.6. The average molecular weight is 271 g/mol. The van der Waals surface area contributed by atoms with Crippen LogP contribution in [0.5, 0.6) is 0 Å². The third kappa shape index (κ3) is 4.70. The molecule has 1 aliphatic rings. The summed E-state index contributed by atoms with van der Waals surface area (Å²) < 4.78 is 0. The molecule has 0 saturated carbocycles. The largest absolute Gasteiger partial charge is 0.480 e. The quantitative estimate of drug-likeness (QED) is 0.697. The summed E-state index contributed by atoms with van der Waals surface area (Å²) in [6.45, 7) is 5.36. The van der Waals surface area contributed by atoms with Crippen LogP contribution in [0.3, 0.4) is 0 Å². The summed E-state index contributed by atoms with van der Waals surface area (Å²) in [5.74, 6) is -0.993. The van der Waals surface area contributed by atoms with E-state index in [0.717, 1.165) is 25.9 Å². The molecule has 0 spiro atoms. The lowest BCUT2D eigenvalue weighted by Gasteiger charge is -2.31. The molecule has 1 aliphatic heterocycles. The number of hydrogen-bond acceptors (Lipinski definition) is 3. The molecule has 0 aromatic carbocycles. The van der Waals surface area contributed by atoms with E-state index in [4.69, 9.17) is 0 Å². The molecule has 0 aromatic rings. The van der Waals surface area contributed by atoms with Gasteiger partial charge in [0.1, 0.15) is 5.54 Å². The fourth-order valence-electron chi connectivity index (χ4n) is 2.35. The van der Waals surface area contributed by atoms with Crippen LogP contribution in [-0.4, -0.2) is 53.7 Å². The Kier molecular flexibility index (Phi) is 5.60. The summed E-state index contributed by atoms with van der Waals surface area (Å²) in [5, 5.41) is 14.7. The first-order valence-electron chi connectivity index (χ1n) is 6.88. The third-order valence-corrected chi connectivity index (χ3v) is 3.67. The number of carbonyl (C=O) groups is 2. The van der Waals surface area contributed by atoms with Crippen molar-refractivity contribution in [1.29, 1.82) is 0 Å². The van der Waals surface area contributed by atoms with Crippen LogP contribution in [0.15, 0.2) is 0 Å². The first-order valence-corrected chi connectivity index (χ1v) is 6.88. The van der Waals surface area contributed by atoms with Crippen LogP contribution in [0, 0.1) is 0 Å². The SMILES string of the molecule is CCCC(C)(NC(=O)NC1CCN(C)CC1)C(=O)O. The van der Waals surface area contributed by atoms with Crippen molar-refractivity contribution in [3.8, 4) is 0 Å². The second kappa shape index (κ2) is 6.75. The molecular formula is C13H25N3O3. The lowest BCUT2D eigenvalue weighted by atomic mass is 9.96. The van der Waals surface area contributed by atoms with Gasteiger partial charge in [0.05, 0.1) is 0 Å². The molecule has 1 heterocycles. The van der Waals surface area contributed by atoms with Gasteiger partial charge < -0.3 is 20.6 Å². The predicted octanol–water partition coefficient (Wildman–Crippen LogP) is 1.02. The first kappa shape index (κ1) is 15.8. The fourth-order valence-corrected chi connectivity index (χ4v) is 2.35. The van der Waals surface area contributed by atoms with Crippen molar-refractivity contribution < 1.29 is 14.7 Å². The van der Waals surface area contributed by atoms with Gasteiger partial charge in [-0.05, 0) is 46.3 Å². The van der Waals surface area contributed by atoms with Crippen LogP contribution >= 0.6 is 0 Å². The van der Waals surface area contributed by atoms with Gasteiger partial charge in [-0.15, -0.1) is 0 Å². The van der Waals surface area contributed by atoms with Crippen molar-refractivity contribution in [2.75, 3.05) is 20.1 Å². The number of nitrogens with one attached hydrogen (secondary N) is 2. The second-order valence-electron chi connectivity index (χ2n) is 5.56. The van der Waals surface area contributed by atoms with Crippen molar-refractivity contribution in [1.82, 2.24) is 15.5 Å². The van der Waals surface area contributed by atoms with Crippen molar-refractivity contribution in [2.45, 2.75) is 51.1 Å². The summed E-state index contributed by atoms with van der Waals surface area (Å²) in [6, 6.07) is -0.247. The van der Waals surface area contributed by atoms with E-state index in [9.17, 15) is 14.7 Å². The molecule has 1 fully saturated rings. The molecule has 0 bridgehead atoms. The second-order valence-corrected chi connectivity index (χ2v) is 5.56. The number of amides is 2. The van der Waals surface area contributed by atoms with Crippen LogP contribution in [0.4, 0.5) is 4.79 Å². The molecule has 6 heteroatoms. The van der Waals surface area contributed by atoms with Crippen molar-refractivity contribution in [2.24, 2.45) is 0 Å². The van der Waals surface area contributed by atoms with E-state index >= 15 is 0 Å². The van der Waals surface area contributed by atoms with Gasteiger partial charge in [-0.3, -0.25) is 0 Å². The van der Waals surface area contributed by atoms with E-state index in [1.807, 2.05) is 6.92 Å². The third-order valence-electron chi connectivity index (χ3n) is 3.67. The molecule has 0 aromatic heterocycles. The Bertz CT molecular complexity index is 327. The Morgan fingerprint density at radius 2 is 1.95 bits per heavy atom. The maximum Gasteiger partial charge on any atom is 0.329 e. The minimum absolute atomic E-state index is 0.135. The summed E-state index contributed by atoms with van der Waals surface area (Å²) >= 11 is 0. The zero-order valence-electron chi connectivity index (χ0n) is 12.0. The molecule has 3 N–H and O–H groups in total. The van der Waals surface area contributed by atoms with Crippen molar-refractivity contribution in [3.05, 3.63) is 0 Å². The number of nitrogens with zero attached hydrogens (tertiary/aromatic N) is 1. The lowest BCUT2D eigenvalue weighted by molar-refractivity contribution is -0.144. The average Bonchev–Trinajstić information content (AvgIpc) is 2.32. The zero-order valence-corrected chi connectivity index (χ0v) is 12.0. The van der Waals surface area contributed by atoms with Crippen LogP contribution in [0.1, 0.15) is 39.5 Å². The Hall–Kier alpha value is -1.30. The van der Waals surface area contributed by atoms with Gasteiger partial charge in [-0.1, -0.05) is 13.3 Å². The Labute approximate surface area is 114 Å². The lowest BCUT2D eigenvalue weighted by Crippen LogP contribution is -2.57. The van der Waals surface area contributed by atoms with Crippen molar-refractivity contribution >= 4 is 12.0 Å². The number of carboxylic acids is 1. The van der Waals surface area contributed by atoms with Gasteiger partial charge in [0.25, 0.3) is 0 Å². The minimum Gasteiger partial charge on any atom is -0.480 e. The standard InChI is InChI=1S/C13H25N3O3/c1-4-7-13(2,11(17)18)15-12(19)14-10-5-8-16(3)9-6-10/h10H,4-9H2,1-3H3,(H,17,18)(H2,14,15,19). The number of hydrogen-bond donors (Lipinski definition) is 3. The van der Waals surface area contributed by atoms with Gasteiger partial charge in [0, 0.05) is 6.04 Å². The van der Waals surface area contributed by atoms with Crippen LogP contribution in [0.2, 0.25) is 0 Å². The Morgan fingerprint density at radius 3 is 2.42 bits per heavy atom.